The van der Waals surface area contributed by atoms with Crippen LogP contribution in [-0.2, 0) is 6.42 Å². The normalized spacial score (nSPS) is 12.7. The van der Waals surface area contributed by atoms with Crippen molar-refractivity contribution in [1.82, 2.24) is 0 Å². The number of furan rings is 1. The van der Waals surface area contributed by atoms with E-state index in [1.54, 1.807) is 12.1 Å². The van der Waals surface area contributed by atoms with E-state index in [0.717, 1.165) is 5.56 Å². The summed E-state index contributed by atoms with van der Waals surface area (Å²) in [6.45, 7) is 2.04. The fraction of sp³-hybridized carbons (Fsp3) is 0.231. The zero-order valence-corrected chi connectivity index (χ0v) is 10.6. The molecule has 0 aliphatic rings. The zero-order chi connectivity index (χ0) is 11.5. The molecular weight excluding hydrogens is 268 g/mol. The van der Waals surface area contributed by atoms with Gasteiger partial charge < -0.3 is 9.52 Å². The van der Waals surface area contributed by atoms with E-state index >= 15 is 0 Å². The molecule has 2 nitrogen and oxygen atoms in total. The molecule has 0 amide bonds. The maximum Gasteiger partial charge on any atom is 0.169 e. The first-order valence-electron chi connectivity index (χ1n) is 5.14. The van der Waals surface area contributed by atoms with Crippen LogP contribution in [0.25, 0.3) is 0 Å². The maximum atomic E-state index is 9.96. The second-order valence-corrected chi connectivity index (χ2v) is 4.63. The van der Waals surface area contributed by atoms with E-state index in [2.05, 4.69) is 22.0 Å². The summed E-state index contributed by atoms with van der Waals surface area (Å²) in [6.07, 6.45) is -0.0187. The number of aryl methyl sites for hydroxylation is 1. The van der Waals surface area contributed by atoms with E-state index in [1.807, 2.05) is 25.1 Å². The molecule has 0 aliphatic heterocycles. The highest BCUT2D eigenvalue weighted by atomic mass is 79.9. The second kappa shape index (κ2) is 4.85. The van der Waals surface area contributed by atoms with Gasteiger partial charge in [-0.25, -0.2) is 0 Å². The van der Waals surface area contributed by atoms with Gasteiger partial charge in [0.05, 0.1) is 0 Å². The Kier molecular flexibility index (Phi) is 3.46. The van der Waals surface area contributed by atoms with Crippen LogP contribution in [0.5, 0.6) is 0 Å². The van der Waals surface area contributed by atoms with Crippen molar-refractivity contribution in [3.8, 4) is 0 Å². The molecule has 1 heterocycles. The SMILES string of the molecule is Cc1cccc(CC(O)c2ccc(Br)o2)c1. The molecular formula is C13H13BrO2. The Balaban J connectivity index is 2.10. The Morgan fingerprint density at radius 2 is 2.12 bits per heavy atom. The maximum absolute atomic E-state index is 9.96. The van der Waals surface area contributed by atoms with Gasteiger partial charge in [0.25, 0.3) is 0 Å². The van der Waals surface area contributed by atoms with Gasteiger partial charge in [-0.15, -0.1) is 0 Å². The van der Waals surface area contributed by atoms with Gasteiger partial charge in [0.1, 0.15) is 11.9 Å². The molecule has 3 heteroatoms. The van der Waals surface area contributed by atoms with Gasteiger partial charge in [-0.05, 0) is 40.5 Å². The molecule has 0 bridgehead atoms. The minimum atomic E-state index is -0.590. The summed E-state index contributed by atoms with van der Waals surface area (Å²) in [5, 5.41) is 9.96. The van der Waals surface area contributed by atoms with E-state index in [-0.39, 0.29) is 0 Å². The number of hydrogen-bond donors (Lipinski definition) is 1. The minimum absolute atomic E-state index is 0.571. The summed E-state index contributed by atoms with van der Waals surface area (Å²) in [4.78, 5) is 0. The largest absolute Gasteiger partial charge is 0.452 e. The minimum Gasteiger partial charge on any atom is -0.452 e. The first-order chi connectivity index (χ1) is 7.65. The van der Waals surface area contributed by atoms with Crippen molar-refractivity contribution in [1.29, 1.82) is 0 Å². The molecule has 16 heavy (non-hydrogen) atoms. The number of aliphatic hydroxyl groups is 1. The monoisotopic (exact) mass is 280 g/mol. The fourth-order valence-electron chi connectivity index (χ4n) is 1.67. The molecule has 1 atom stereocenters. The number of halogens is 1. The van der Waals surface area contributed by atoms with Gasteiger partial charge in [0.2, 0.25) is 0 Å². The third-order valence-electron chi connectivity index (χ3n) is 2.43. The number of benzene rings is 1. The van der Waals surface area contributed by atoms with Crippen LogP contribution in [0.4, 0.5) is 0 Å². The van der Waals surface area contributed by atoms with Gasteiger partial charge >= 0.3 is 0 Å². The molecule has 1 unspecified atom stereocenters. The lowest BCUT2D eigenvalue weighted by Gasteiger charge is -2.08. The topological polar surface area (TPSA) is 33.4 Å². The highest BCUT2D eigenvalue weighted by Gasteiger charge is 2.12. The van der Waals surface area contributed by atoms with Gasteiger partial charge in [-0.3, -0.25) is 0 Å². The van der Waals surface area contributed by atoms with Crippen LogP contribution in [0.2, 0.25) is 0 Å². The zero-order valence-electron chi connectivity index (χ0n) is 8.98. The van der Waals surface area contributed by atoms with E-state index in [9.17, 15) is 5.11 Å². The molecule has 2 aromatic rings. The van der Waals surface area contributed by atoms with Gasteiger partial charge in [-0.1, -0.05) is 29.8 Å². The van der Waals surface area contributed by atoms with Gasteiger partial charge in [0, 0.05) is 6.42 Å². The average Bonchev–Trinajstić information content (AvgIpc) is 2.65. The Morgan fingerprint density at radius 1 is 1.31 bits per heavy atom. The average molecular weight is 281 g/mol. The molecule has 1 aromatic heterocycles. The smallest absolute Gasteiger partial charge is 0.169 e. The van der Waals surface area contributed by atoms with E-state index < -0.39 is 6.10 Å². The van der Waals surface area contributed by atoms with Crippen molar-refractivity contribution in [3.63, 3.8) is 0 Å². The summed E-state index contributed by atoms with van der Waals surface area (Å²) < 4.78 is 5.96. The summed E-state index contributed by atoms with van der Waals surface area (Å²) in [5.74, 6) is 0.591. The summed E-state index contributed by atoms with van der Waals surface area (Å²) >= 11 is 3.22. The lowest BCUT2D eigenvalue weighted by Crippen LogP contribution is -2.00. The third-order valence-corrected chi connectivity index (χ3v) is 2.86. The standard InChI is InChI=1S/C13H13BrO2/c1-9-3-2-4-10(7-9)8-11(15)12-5-6-13(14)16-12/h2-7,11,15H,8H2,1H3. The van der Waals surface area contributed by atoms with Crippen LogP contribution < -0.4 is 0 Å². The van der Waals surface area contributed by atoms with Crippen LogP contribution in [0.15, 0.2) is 45.5 Å². The van der Waals surface area contributed by atoms with E-state index in [0.29, 0.717) is 16.9 Å². The third kappa shape index (κ3) is 2.74. The van der Waals surface area contributed by atoms with Crippen LogP contribution in [0.1, 0.15) is 23.0 Å². The first-order valence-corrected chi connectivity index (χ1v) is 5.93. The predicted octanol–water partition coefficient (Wildman–Crippen LogP) is 3.63. The Hall–Kier alpha value is -1.06. The van der Waals surface area contributed by atoms with E-state index in [4.69, 9.17) is 4.42 Å². The van der Waals surface area contributed by atoms with Gasteiger partial charge in [-0.2, -0.15) is 0 Å². The molecule has 0 spiro atoms. The number of rotatable bonds is 3. The van der Waals surface area contributed by atoms with Crippen molar-refractivity contribution in [2.75, 3.05) is 0 Å². The van der Waals surface area contributed by atoms with Crippen LogP contribution in [0, 0.1) is 6.92 Å². The summed E-state index contributed by atoms with van der Waals surface area (Å²) in [6, 6.07) is 11.7. The fourth-order valence-corrected chi connectivity index (χ4v) is 1.99. The summed E-state index contributed by atoms with van der Waals surface area (Å²) in [5.41, 5.74) is 2.31. The molecule has 0 fully saturated rings. The van der Waals surface area contributed by atoms with Crippen LogP contribution in [-0.4, -0.2) is 5.11 Å². The van der Waals surface area contributed by atoms with E-state index in [1.165, 1.54) is 5.56 Å². The molecule has 0 saturated carbocycles. The highest BCUT2D eigenvalue weighted by Crippen LogP contribution is 2.23. The first kappa shape index (κ1) is 11.4. The lowest BCUT2D eigenvalue weighted by atomic mass is 10.0. The quantitative estimate of drug-likeness (QED) is 0.932. The number of hydrogen-bond acceptors (Lipinski definition) is 2. The Morgan fingerprint density at radius 3 is 2.75 bits per heavy atom. The van der Waals surface area contributed by atoms with Crippen molar-refractivity contribution >= 4 is 15.9 Å². The van der Waals surface area contributed by atoms with Crippen molar-refractivity contribution in [3.05, 3.63) is 58.0 Å². The molecule has 84 valence electrons. The lowest BCUT2D eigenvalue weighted by molar-refractivity contribution is 0.149. The molecule has 1 aromatic carbocycles. The van der Waals surface area contributed by atoms with Crippen molar-refractivity contribution in [2.45, 2.75) is 19.4 Å². The number of aliphatic hydroxyl groups excluding tert-OH is 1. The second-order valence-electron chi connectivity index (χ2n) is 3.85. The predicted molar refractivity (Wildman–Crippen MR) is 66.3 cm³/mol. The molecule has 1 N–H and O–H groups in total. The molecule has 0 aliphatic carbocycles. The van der Waals surface area contributed by atoms with Crippen LogP contribution >= 0.6 is 15.9 Å². The van der Waals surface area contributed by atoms with Gasteiger partial charge in [0.15, 0.2) is 4.67 Å². The van der Waals surface area contributed by atoms with Crippen molar-refractivity contribution < 1.29 is 9.52 Å². The van der Waals surface area contributed by atoms with Crippen LogP contribution in [0.3, 0.4) is 0 Å². The summed E-state index contributed by atoms with van der Waals surface area (Å²) in [7, 11) is 0. The Labute approximate surface area is 103 Å². The van der Waals surface area contributed by atoms with Crippen molar-refractivity contribution in [2.24, 2.45) is 0 Å². The highest BCUT2D eigenvalue weighted by molar-refractivity contribution is 9.10. The molecule has 2 rings (SSSR count). The Bertz CT molecular complexity index is 476. The molecule has 0 radical (unpaired) electrons. The molecule has 0 saturated heterocycles.